The molecule has 0 spiro atoms. The number of amides is 1. The summed E-state index contributed by atoms with van der Waals surface area (Å²) in [5.74, 6) is 5.12. The molecule has 4 nitrogen and oxygen atoms in total. The second-order valence-electron chi connectivity index (χ2n) is 3.49. The van der Waals surface area contributed by atoms with E-state index >= 15 is 0 Å². The lowest BCUT2D eigenvalue weighted by Crippen LogP contribution is -2.17. The predicted molar refractivity (Wildman–Crippen MR) is 65.6 cm³/mol. The van der Waals surface area contributed by atoms with E-state index in [1.54, 1.807) is 6.07 Å². The first kappa shape index (κ1) is 13.2. The van der Waals surface area contributed by atoms with E-state index in [2.05, 4.69) is 17.2 Å². The number of hydrogen-bond acceptors (Lipinski definition) is 3. The van der Waals surface area contributed by atoms with Crippen LogP contribution < -0.4 is 5.32 Å². The van der Waals surface area contributed by atoms with Gasteiger partial charge < -0.3 is 15.2 Å². The number of benzene rings is 1. The van der Waals surface area contributed by atoms with Crippen molar-refractivity contribution in [1.82, 2.24) is 0 Å². The first-order valence-electron chi connectivity index (χ1n) is 5.16. The summed E-state index contributed by atoms with van der Waals surface area (Å²) in [6.07, 6.45) is 0. The molecule has 0 saturated carbocycles. The number of aliphatic hydroxyl groups excluding tert-OH is 1. The van der Waals surface area contributed by atoms with Crippen LogP contribution >= 0.6 is 0 Å². The first-order valence-corrected chi connectivity index (χ1v) is 5.16. The summed E-state index contributed by atoms with van der Waals surface area (Å²) < 4.78 is 4.73. The lowest BCUT2D eigenvalue weighted by Gasteiger charge is -2.07. The minimum absolute atomic E-state index is 0.000739. The van der Waals surface area contributed by atoms with Gasteiger partial charge in [-0.25, -0.2) is 0 Å². The van der Waals surface area contributed by atoms with E-state index < -0.39 is 0 Å². The number of anilines is 1. The van der Waals surface area contributed by atoms with Crippen LogP contribution in [-0.2, 0) is 9.53 Å². The van der Waals surface area contributed by atoms with Crippen LogP contribution in [0.4, 0.5) is 5.69 Å². The van der Waals surface area contributed by atoms with E-state index in [-0.39, 0.29) is 19.1 Å². The number of carbonyl (C=O) groups excluding carboxylic acids is 1. The quantitative estimate of drug-likeness (QED) is 0.763. The zero-order chi connectivity index (χ0) is 12.7. The zero-order valence-corrected chi connectivity index (χ0v) is 9.91. The zero-order valence-electron chi connectivity index (χ0n) is 9.91. The van der Waals surface area contributed by atoms with Gasteiger partial charge in [-0.3, -0.25) is 4.79 Å². The van der Waals surface area contributed by atoms with Crippen LogP contribution in [0.3, 0.4) is 0 Å². The third kappa shape index (κ3) is 4.27. The highest BCUT2D eigenvalue weighted by atomic mass is 16.5. The number of rotatable bonds is 3. The highest BCUT2D eigenvalue weighted by Gasteiger charge is 2.05. The molecule has 1 amide bonds. The number of nitrogens with one attached hydrogen (secondary N) is 1. The van der Waals surface area contributed by atoms with Crippen LogP contribution in [0.1, 0.15) is 11.1 Å². The molecule has 1 aromatic rings. The summed E-state index contributed by atoms with van der Waals surface area (Å²) in [6, 6.07) is 5.52. The van der Waals surface area contributed by atoms with Gasteiger partial charge in [0.2, 0.25) is 5.91 Å². The van der Waals surface area contributed by atoms with Crippen LogP contribution in [0.15, 0.2) is 18.2 Å². The highest BCUT2D eigenvalue weighted by Crippen LogP contribution is 2.16. The number of aryl methyl sites for hydroxylation is 1. The molecule has 0 atom stereocenters. The van der Waals surface area contributed by atoms with Gasteiger partial charge >= 0.3 is 0 Å². The SMILES string of the molecule is COCC(=O)Nc1ccc(C)cc1C#CCO. The molecule has 1 aromatic carbocycles. The molecule has 90 valence electrons. The Morgan fingerprint density at radius 1 is 1.53 bits per heavy atom. The van der Waals surface area contributed by atoms with Crippen molar-refractivity contribution in [1.29, 1.82) is 0 Å². The van der Waals surface area contributed by atoms with Crippen molar-refractivity contribution < 1.29 is 14.6 Å². The summed E-state index contributed by atoms with van der Waals surface area (Å²) in [5.41, 5.74) is 2.35. The Morgan fingerprint density at radius 2 is 2.29 bits per heavy atom. The van der Waals surface area contributed by atoms with Crippen molar-refractivity contribution in [2.45, 2.75) is 6.92 Å². The number of carbonyl (C=O) groups is 1. The molecule has 0 bridgehead atoms. The number of aliphatic hydroxyl groups is 1. The van der Waals surface area contributed by atoms with E-state index in [0.29, 0.717) is 11.3 Å². The van der Waals surface area contributed by atoms with Crippen molar-refractivity contribution in [3.05, 3.63) is 29.3 Å². The largest absolute Gasteiger partial charge is 0.384 e. The first-order chi connectivity index (χ1) is 8.17. The van der Waals surface area contributed by atoms with Crippen LogP contribution in [0.5, 0.6) is 0 Å². The molecule has 0 unspecified atom stereocenters. The summed E-state index contributed by atoms with van der Waals surface area (Å²) in [5, 5.41) is 11.4. The minimum Gasteiger partial charge on any atom is -0.384 e. The van der Waals surface area contributed by atoms with Gasteiger partial charge in [0.05, 0.1) is 5.69 Å². The van der Waals surface area contributed by atoms with Crippen molar-refractivity contribution in [3.8, 4) is 11.8 Å². The summed E-state index contributed by atoms with van der Waals surface area (Å²) in [4.78, 5) is 11.4. The Balaban J connectivity index is 2.94. The topological polar surface area (TPSA) is 58.6 Å². The smallest absolute Gasteiger partial charge is 0.250 e. The standard InChI is InChI=1S/C13H15NO3/c1-10-5-6-12(14-13(16)9-17-2)11(8-10)4-3-7-15/h5-6,8,15H,7,9H2,1-2H3,(H,14,16). The van der Waals surface area contributed by atoms with Gasteiger partial charge in [0.15, 0.2) is 0 Å². The lowest BCUT2D eigenvalue weighted by atomic mass is 10.1. The highest BCUT2D eigenvalue weighted by molar-refractivity contribution is 5.93. The van der Waals surface area contributed by atoms with Gasteiger partial charge in [0.25, 0.3) is 0 Å². The van der Waals surface area contributed by atoms with Crippen LogP contribution in [0.2, 0.25) is 0 Å². The van der Waals surface area contributed by atoms with Crippen LogP contribution in [0, 0.1) is 18.8 Å². The number of methoxy groups -OCH3 is 1. The van der Waals surface area contributed by atoms with Crippen molar-refractivity contribution >= 4 is 11.6 Å². The van der Waals surface area contributed by atoms with Gasteiger partial charge in [0.1, 0.15) is 13.2 Å². The molecule has 17 heavy (non-hydrogen) atoms. The minimum atomic E-state index is -0.233. The Bertz CT molecular complexity index is 457. The van der Waals surface area contributed by atoms with E-state index in [4.69, 9.17) is 9.84 Å². The van der Waals surface area contributed by atoms with Crippen molar-refractivity contribution in [3.63, 3.8) is 0 Å². The lowest BCUT2D eigenvalue weighted by molar-refractivity contribution is -0.119. The molecule has 0 aromatic heterocycles. The Kier molecular flexibility index (Phi) is 5.21. The summed E-state index contributed by atoms with van der Waals surface area (Å²) >= 11 is 0. The van der Waals surface area contributed by atoms with Gasteiger partial charge in [-0.1, -0.05) is 17.9 Å². The molecule has 0 heterocycles. The average molecular weight is 233 g/mol. The normalized spacial score (nSPS) is 9.35. The van der Waals surface area contributed by atoms with E-state index in [1.807, 2.05) is 19.1 Å². The molecule has 4 heteroatoms. The maximum atomic E-state index is 11.4. The molecule has 0 radical (unpaired) electrons. The molecule has 0 aliphatic heterocycles. The predicted octanol–water partition coefficient (Wildman–Crippen LogP) is 0.924. The molecular formula is C13H15NO3. The third-order valence-electron chi connectivity index (χ3n) is 2.03. The number of hydrogen-bond donors (Lipinski definition) is 2. The van der Waals surface area contributed by atoms with E-state index in [9.17, 15) is 4.79 Å². The monoisotopic (exact) mass is 233 g/mol. The van der Waals surface area contributed by atoms with Gasteiger partial charge in [-0.15, -0.1) is 0 Å². The van der Waals surface area contributed by atoms with Gasteiger partial charge in [-0.2, -0.15) is 0 Å². The fourth-order valence-corrected chi connectivity index (χ4v) is 1.32. The molecule has 0 saturated heterocycles. The molecular weight excluding hydrogens is 218 g/mol. The Morgan fingerprint density at radius 3 is 2.94 bits per heavy atom. The maximum absolute atomic E-state index is 11.4. The van der Waals surface area contributed by atoms with E-state index in [0.717, 1.165) is 5.56 Å². The third-order valence-corrected chi connectivity index (χ3v) is 2.03. The van der Waals surface area contributed by atoms with Crippen LogP contribution in [-0.4, -0.2) is 31.3 Å². The Hall–Kier alpha value is -1.83. The number of ether oxygens (including phenoxy) is 1. The summed E-state index contributed by atoms with van der Waals surface area (Å²) in [7, 11) is 1.46. The van der Waals surface area contributed by atoms with Crippen molar-refractivity contribution in [2.75, 3.05) is 25.6 Å². The second kappa shape index (κ2) is 6.69. The van der Waals surface area contributed by atoms with Crippen LogP contribution in [0.25, 0.3) is 0 Å². The maximum Gasteiger partial charge on any atom is 0.250 e. The molecule has 2 N–H and O–H groups in total. The Labute approximate surface area is 101 Å². The molecule has 1 rings (SSSR count). The van der Waals surface area contributed by atoms with Crippen molar-refractivity contribution in [2.24, 2.45) is 0 Å². The fraction of sp³-hybridized carbons (Fsp3) is 0.308. The van der Waals surface area contributed by atoms with Gasteiger partial charge in [-0.05, 0) is 24.6 Å². The molecule has 0 fully saturated rings. The van der Waals surface area contributed by atoms with Gasteiger partial charge in [0, 0.05) is 12.7 Å². The van der Waals surface area contributed by atoms with E-state index in [1.165, 1.54) is 7.11 Å². The second-order valence-corrected chi connectivity index (χ2v) is 3.49. The molecule has 0 aliphatic carbocycles. The summed E-state index contributed by atoms with van der Waals surface area (Å²) in [6.45, 7) is 1.73. The average Bonchev–Trinajstić information content (AvgIpc) is 2.30. The fourth-order valence-electron chi connectivity index (χ4n) is 1.32. The molecule has 0 aliphatic rings.